The molecule has 5 heteroatoms. The first-order chi connectivity index (χ1) is 10.3. The van der Waals surface area contributed by atoms with Gasteiger partial charge in [-0.15, -0.1) is 0 Å². The molecular formula is C16H19N3O2. The molecule has 0 aliphatic carbocycles. The maximum Gasteiger partial charge on any atom is 0.253 e. The first-order valence-electron chi connectivity index (χ1n) is 7.20. The number of piperidine rings is 1. The van der Waals surface area contributed by atoms with Crippen LogP contribution < -0.4 is 4.74 Å². The minimum Gasteiger partial charge on any atom is -0.497 e. The lowest BCUT2D eigenvalue weighted by Gasteiger charge is -2.32. The molecule has 110 valence electrons. The molecule has 1 aromatic heterocycles. The van der Waals surface area contributed by atoms with Gasteiger partial charge < -0.3 is 9.64 Å². The predicted octanol–water partition coefficient (Wildman–Crippen LogP) is 2.37. The van der Waals surface area contributed by atoms with Crippen LogP contribution in [0.4, 0.5) is 0 Å². The molecule has 0 radical (unpaired) electrons. The highest BCUT2D eigenvalue weighted by Gasteiger charge is 2.24. The predicted molar refractivity (Wildman–Crippen MR) is 79.4 cm³/mol. The third kappa shape index (κ3) is 2.91. The van der Waals surface area contributed by atoms with Crippen molar-refractivity contribution >= 4 is 5.91 Å². The Labute approximate surface area is 124 Å². The molecule has 3 rings (SSSR count). The molecule has 2 heterocycles. The number of carbonyl (C=O) groups excluding carboxylic acids is 1. The zero-order valence-electron chi connectivity index (χ0n) is 12.1. The topological polar surface area (TPSA) is 47.4 Å². The standard InChI is InChI=1S/C16H19N3O2/c1-21-15-5-3-13(4-6-15)16(20)18-11-7-14(8-12-18)19-10-2-9-17-19/h2-6,9-10,14H,7-8,11-12H2,1H3. The van der Waals surface area contributed by atoms with E-state index in [1.54, 1.807) is 13.3 Å². The van der Waals surface area contributed by atoms with Gasteiger partial charge in [-0.05, 0) is 43.2 Å². The van der Waals surface area contributed by atoms with Gasteiger partial charge in [-0.1, -0.05) is 0 Å². The van der Waals surface area contributed by atoms with Crippen LogP contribution in [0.5, 0.6) is 5.75 Å². The van der Waals surface area contributed by atoms with Crippen molar-refractivity contribution in [3.05, 3.63) is 48.3 Å². The van der Waals surface area contributed by atoms with E-state index in [1.165, 1.54) is 0 Å². The van der Waals surface area contributed by atoms with E-state index >= 15 is 0 Å². The number of carbonyl (C=O) groups is 1. The summed E-state index contributed by atoms with van der Waals surface area (Å²) in [6.07, 6.45) is 5.69. The molecule has 2 aromatic rings. The number of rotatable bonds is 3. The number of nitrogens with zero attached hydrogens (tertiary/aromatic N) is 3. The Hall–Kier alpha value is -2.30. The molecule has 0 spiro atoms. The maximum atomic E-state index is 12.5. The Morgan fingerprint density at radius 2 is 1.95 bits per heavy atom. The first-order valence-corrected chi connectivity index (χ1v) is 7.20. The summed E-state index contributed by atoms with van der Waals surface area (Å²) in [5, 5.41) is 4.29. The van der Waals surface area contributed by atoms with Crippen LogP contribution in [-0.2, 0) is 0 Å². The maximum absolute atomic E-state index is 12.5. The Morgan fingerprint density at radius 3 is 2.52 bits per heavy atom. The van der Waals surface area contributed by atoms with Gasteiger partial charge in [0.25, 0.3) is 5.91 Å². The first kappa shape index (κ1) is 13.7. The molecular weight excluding hydrogens is 266 g/mol. The van der Waals surface area contributed by atoms with Crippen LogP contribution >= 0.6 is 0 Å². The summed E-state index contributed by atoms with van der Waals surface area (Å²) in [7, 11) is 1.62. The molecule has 1 fully saturated rings. The van der Waals surface area contributed by atoms with E-state index in [-0.39, 0.29) is 5.91 Å². The molecule has 0 saturated carbocycles. The number of aromatic nitrogens is 2. The number of benzene rings is 1. The Bertz CT molecular complexity index is 584. The van der Waals surface area contributed by atoms with Crippen molar-refractivity contribution in [1.29, 1.82) is 0 Å². The van der Waals surface area contributed by atoms with Crippen LogP contribution in [-0.4, -0.2) is 40.8 Å². The van der Waals surface area contributed by atoms with E-state index in [4.69, 9.17) is 4.74 Å². The highest BCUT2D eigenvalue weighted by Crippen LogP contribution is 2.23. The molecule has 1 amide bonds. The fraction of sp³-hybridized carbons (Fsp3) is 0.375. The van der Waals surface area contributed by atoms with E-state index in [0.29, 0.717) is 11.6 Å². The molecule has 1 aliphatic rings. The molecule has 0 unspecified atom stereocenters. The summed E-state index contributed by atoms with van der Waals surface area (Å²) in [6.45, 7) is 1.55. The zero-order valence-corrected chi connectivity index (χ0v) is 12.1. The lowest BCUT2D eigenvalue weighted by atomic mass is 10.0. The normalized spacial score (nSPS) is 16.0. The number of ether oxygens (including phenoxy) is 1. The van der Waals surface area contributed by atoms with E-state index in [2.05, 4.69) is 5.10 Å². The average molecular weight is 285 g/mol. The summed E-state index contributed by atoms with van der Waals surface area (Å²) >= 11 is 0. The van der Waals surface area contributed by atoms with Crippen molar-refractivity contribution in [2.45, 2.75) is 18.9 Å². The van der Waals surface area contributed by atoms with Crippen LogP contribution in [0.1, 0.15) is 29.2 Å². The number of methoxy groups -OCH3 is 1. The van der Waals surface area contributed by atoms with Gasteiger partial charge in [0.05, 0.1) is 13.2 Å². The number of hydrogen-bond donors (Lipinski definition) is 0. The molecule has 5 nitrogen and oxygen atoms in total. The molecule has 0 N–H and O–H groups in total. The third-order valence-electron chi connectivity index (χ3n) is 3.99. The second kappa shape index (κ2) is 5.99. The minimum atomic E-state index is 0.0940. The van der Waals surface area contributed by atoms with Crippen LogP contribution in [0.25, 0.3) is 0 Å². The minimum absolute atomic E-state index is 0.0940. The Kier molecular flexibility index (Phi) is 3.90. The molecule has 21 heavy (non-hydrogen) atoms. The summed E-state index contributed by atoms with van der Waals surface area (Å²) < 4.78 is 7.11. The average Bonchev–Trinajstić information content (AvgIpc) is 3.09. The second-order valence-electron chi connectivity index (χ2n) is 5.24. The molecule has 1 aromatic carbocycles. The lowest BCUT2D eigenvalue weighted by Crippen LogP contribution is -2.39. The molecule has 1 saturated heterocycles. The van der Waals surface area contributed by atoms with Crippen molar-refractivity contribution in [2.24, 2.45) is 0 Å². The molecule has 1 aliphatic heterocycles. The van der Waals surface area contributed by atoms with Crippen molar-refractivity contribution in [2.75, 3.05) is 20.2 Å². The summed E-state index contributed by atoms with van der Waals surface area (Å²) in [6, 6.07) is 9.63. The van der Waals surface area contributed by atoms with Crippen LogP contribution in [0.3, 0.4) is 0 Å². The Balaban J connectivity index is 1.62. The zero-order chi connectivity index (χ0) is 14.7. The molecule has 0 atom stereocenters. The van der Waals surface area contributed by atoms with Crippen molar-refractivity contribution < 1.29 is 9.53 Å². The van der Waals surface area contributed by atoms with Crippen LogP contribution in [0, 0.1) is 0 Å². The summed E-state index contributed by atoms with van der Waals surface area (Å²) in [5.41, 5.74) is 0.716. The van der Waals surface area contributed by atoms with Gasteiger partial charge >= 0.3 is 0 Å². The van der Waals surface area contributed by atoms with Crippen molar-refractivity contribution in [3.63, 3.8) is 0 Å². The SMILES string of the molecule is COc1ccc(C(=O)N2CCC(n3cccn3)CC2)cc1. The third-order valence-corrected chi connectivity index (χ3v) is 3.99. The van der Waals surface area contributed by atoms with Gasteiger partial charge in [-0.3, -0.25) is 9.48 Å². The van der Waals surface area contributed by atoms with E-state index in [9.17, 15) is 4.79 Å². The van der Waals surface area contributed by atoms with Gasteiger partial charge in [0.1, 0.15) is 5.75 Å². The quantitative estimate of drug-likeness (QED) is 0.870. The van der Waals surface area contributed by atoms with Gasteiger partial charge in [0.15, 0.2) is 0 Å². The van der Waals surface area contributed by atoms with E-state index in [1.807, 2.05) is 46.1 Å². The van der Waals surface area contributed by atoms with E-state index in [0.717, 1.165) is 31.7 Å². The van der Waals surface area contributed by atoms with Crippen LogP contribution in [0.2, 0.25) is 0 Å². The summed E-state index contributed by atoms with van der Waals surface area (Å²) in [5.74, 6) is 0.862. The van der Waals surface area contributed by atoms with Gasteiger partial charge in [0.2, 0.25) is 0 Å². The smallest absolute Gasteiger partial charge is 0.253 e. The van der Waals surface area contributed by atoms with E-state index < -0.39 is 0 Å². The highest BCUT2D eigenvalue weighted by atomic mass is 16.5. The van der Waals surface area contributed by atoms with Gasteiger partial charge in [0, 0.05) is 31.0 Å². The highest BCUT2D eigenvalue weighted by molar-refractivity contribution is 5.94. The second-order valence-corrected chi connectivity index (χ2v) is 5.24. The Morgan fingerprint density at radius 1 is 1.24 bits per heavy atom. The monoisotopic (exact) mass is 285 g/mol. The molecule has 0 bridgehead atoms. The number of likely N-dealkylation sites (tertiary alicyclic amines) is 1. The number of amides is 1. The fourth-order valence-electron chi connectivity index (χ4n) is 2.75. The van der Waals surface area contributed by atoms with Gasteiger partial charge in [-0.2, -0.15) is 5.10 Å². The van der Waals surface area contributed by atoms with Crippen LogP contribution in [0.15, 0.2) is 42.7 Å². The fourth-order valence-corrected chi connectivity index (χ4v) is 2.75. The van der Waals surface area contributed by atoms with Gasteiger partial charge in [-0.25, -0.2) is 0 Å². The summed E-state index contributed by atoms with van der Waals surface area (Å²) in [4.78, 5) is 14.4. The number of hydrogen-bond acceptors (Lipinski definition) is 3. The lowest BCUT2D eigenvalue weighted by molar-refractivity contribution is 0.0690. The van der Waals surface area contributed by atoms with Crippen molar-refractivity contribution in [3.8, 4) is 5.75 Å². The van der Waals surface area contributed by atoms with Crippen molar-refractivity contribution in [1.82, 2.24) is 14.7 Å². The largest absolute Gasteiger partial charge is 0.497 e.